The summed E-state index contributed by atoms with van der Waals surface area (Å²) < 4.78 is 32.9. The lowest BCUT2D eigenvalue weighted by Crippen LogP contribution is -2.35. The molecule has 0 fully saturated rings. The molecule has 3 aromatic carbocycles. The van der Waals surface area contributed by atoms with Crippen LogP contribution in [0.4, 0.5) is 5.69 Å². The van der Waals surface area contributed by atoms with Crippen LogP contribution in [0.5, 0.6) is 0 Å². The van der Waals surface area contributed by atoms with E-state index in [4.69, 9.17) is 4.42 Å². The lowest BCUT2D eigenvalue weighted by atomic mass is 10.1. The van der Waals surface area contributed by atoms with Crippen molar-refractivity contribution in [3.05, 3.63) is 103 Å². The van der Waals surface area contributed by atoms with Gasteiger partial charge in [0.25, 0.3) is 15.9 Å². The lowest BCUT2D eigenvalue weighted by Gasteiger charge is -2.19. The van der Waals surface area contributed by atoms with Crippen LogP contribution >= 0.6 is 0 Å². The monoisotopic (exact) mass is 445 g/mol. The van der Waals surface area contributed by atoms with Crippen LogP contribution in [0.15, 0.2) is 95.0 Å². The van der Waals surface area contributed by atoms with Gasteiger partial charge in [-0.1, -0.05) is 43.0 Å². The van der Waals surface area contributed by atoms with Crippen molar-refractivity contribution in [1.82, 2.24) is 10.9 Å². The van der Waals surface area contributed by atoms with Gasteiger partial charge in [0, 0.05) is 10.9 Å². The molecule has 0 aliphatic carbocycles. The van der Waals surface area contributed by atoms with Crippen LogP contribution in [0.1, 0.15) is 21.7 Å². The minimum atomic E-state index is -3.64. The van der Waals surface area contributed by atoms with Crippen molar-refractivity contribution < 1.29 is 17.6 Å². The normalized spacial score (nSPS) is 13.8. The highest BCUT2D eigenvalue weighted by molar-refractivity contribution is 7.93. The summed E-state index contributed by atoms with van der Waals surface area (Å²) in [6.07, 6.45) is 1.52. The van der Waals surface area contributed by atoms with E-state index in [0.717, 1.165) is 16.3 Å². The molecule has 0 radical (unpaired) electrons. The molecule has 2 N–H and O–H groups in total. The topological polar surface area (TPSA) is 91.6 Å². The number of furan rings is 1. The van der Waals surface area contributed by atoms with Crippen LogP contribution < -0.4 is 15.2 Å². The molecule has 5 rings (SSSR count). The zero-order valence-electron chi connectivity index (χ0n) is 16.9. The number of carbonyl (C=O) groups excluding carboxylic acids is 1. The minimum absolute atomic E-state index is 0.172. The number of carbonyl (C=O) groups is 1. The highest BCUT2D eigenvalue weighted by Gasteiger charge is 2.35. The van der Waals surface area contributed by atoms with Gasteiger partial charge >= 0.3 is 0 Å². The number of hydrogen-bond donors (Lipinski definition) is 2. The number of benzene rings is 3. The molecule has 0 unspecified atom stereocenters. The third kappa shape index (κ3) is 3.30. The first-order valence-electron chi connectivity index (χ1n) is 9.88. The van der Waals surface area contributed by atoms with Crippen molar-refractivity contribution >= 4 is 38.1 Å². The zero-order valence-corrected chi connectivity index (χ0v) is 17.7. The summed E-state index contributed by atoms with van der Waals surface area (Å²) in [5, 5.41) is 1.63. The number of sulfonamides is 1. The van der Waals surface area contributed by atoms with E-state index in [1.54, 1.807) is 48.5 Å². The molecular formula is C24H19N3O4S. The predicted molar refractivity (Wildman–Crippen MR) is 122 cm³/mol. The minimum Gasteiger partial charge on any atom is -0.463 e. The Morgan fingerprint density at radius 1 is 0.938 bits per heavy atom. The van der Waals surface area contributed by atoms with E-state index in [0.29, 0.717) is 27.6 Å². The van der Waals surface area contributed by atoms with Gasteiger partial charge in [0.15, 0.2) is 5.76 Å². The third-order valence-electron chi connectivity index (χ3n) is 5.37. The van der Waals surface area contributed by atoms with Gasteiger partial charge < -0.3 is 4.42 Å². The molecule has 160 valence electrons. The molecule has 0 atom stereocenters. The number of rotatable bonds is 6. The van der Waals surface area contributed by atoms with Crippen LogP contribution in [-0.2, 0) is 16.6 Å². The summed E-state index contributed by atoms with van der Waals surface area (Å²) in [4.78, 5) is 12.7. The second-order valence-electron chi connectivity index (χ2n) is 7.37. The van der Waals surface area contributed by atoms with Crippen molar-refractivity contribution in [3.8, 4) is 0 Å². The van der Waals surface area contributed by atoms with Crippen molar-refractivity contribution in [1.29, 1.82) is 0 Å². The Morgan fingerprint density at radius 2 is 1.69 bits per heavy atom. The molecule has 0 saturated heterocycles. The molecule has 32 heavy (non-hydrogen) atoms. The van der Waals surface area contributed by atoms with E-state index in [-0.39, 0.29) is 12.5 Å². The maximum absolute atomic E-state index is 13.1. The number of hydrazine groups is 1. The average molecular weight is 446 g/mol. The molecule has 4 aromatic rings. The molecule has 1 aromatic heterocycles. The summed E-state index contributed by atoms with van der Waals surface area (Å²) in [7, 11) is -3.64. The van der Waals surface area contributed by atoms with E-state index < -0.39 is 10.0 Å². The maximum atomic E-state index is 13.1. The fourth-order valence-corrected chi connectivity index (χ4v) is 5.47. The number of amides is 1. The van der Waals surface area contributed by atoms with Crippen LogP contribution in [0.25, 0.3) is 16.5 Å². The molecule has 2 heterocycles. The Bertz CT molecular complexity index is 1440. The van der Waals surface area contributed by atoms with Crippen LogP contribution in [0.2, 0.25) is 0 Å². The second kappa shape index (κ2) is 7.58. The van der Waals surface area contributed by atoms with Crippen LogP contribution in [0, 0.1) is 0 Å². The van der Waals surface area contributed by atoms with Gasteiger partial charge in [-0.25, -0.2) is 8.42 Å². The molecule has 1 aliphatic heterocycles. The van der Waals surface area contributed by atoms with E-state index in [9.17, 15) is 13.2 Å². The van der Waals surface area contributed by atoms with Crippen molar-refractivity contribution in [2.24, 2.45) is 0 Å². The number of nitrogens with zero attached hydrogens (tertiary/aromatic N) is 1. The largest absolute Gasteiger partial charge is 0.463 e. The molecule has 0 bridgehead atoms. The summed E-state index contributed by atoms with van der Waals surface area (Å²) in [6, 6.07) is 21.1. The number of hydrogen-bond acceptors (Lipinski definition) is 5. The molecular weight excluding hydrogens is 426 g/mol. The highest BCUT2D eigenvalue weighted by atomic mass is 32.2. The fraction of sp³-hybridized carbons (Fsp3) is 0.0417. The first kappa shape index (κ1) is 19.9. The van der Waals surface area contributed by atoms with Crippen molar-refractivity contribution in [2.45, 2.75) is 11.4 Å². The standard InChI is InChI=1S/C24H19N3O4S/c1-16(21-8-4-14-31-21)25-26-24(28)19-12-10-17(11-13-19)15-27-20-7-2-5-18-6-3-9-22(23(18)20)32(27,29)30/h2-14,25H,1,15H2,(H,26,28). The van der Waals surface area contributed by atoms with Gasteiger partial charge in [0.2, 0.25) is 0 Å². The van der Waals surface area contributed by atoms with Crippen molar-refractivity contribution in [2.75, 3.05) is 4.31 Å². The van der Waals surface area contributed by atoms with Gasteiger partial charge in [0.1, 0.15) is 0 Å². The molecule has 8 heteroatoms. The average Bonchev–Trinajstić information content (AvgIpc) is 3.41. The van der Waals surface area contributed by atoms with Crippen LogP contribution in [-0.4, -0.2) is 14.3 Å². The predicted octanol–water partition coefficient (Wildman–Crippen LogP) is 4.05. The SMILES string of the molecule is C=C(NNC(=O)c1ccc(CN2c3cccc4cccc(c34)S2(=O)=O)cc1)c1ccco1. The third-order valence-corrected chi connectivity index (χ3v) is 7.17. The second-order valence-corrected chi connectivity index (χ2v) is 9.21. The summed E-state index contributed by atoms with van der Waals surface area (Å²) in [6.45, 7) is 3.97. The molecule has 0 saturated carbocycles. The van der Waals surface area contributed by atoms with E-state index in [1.807, 2.05) is 24.3 Å². The fourth-order valence-electron chi connectivity index (χ4n) is 3.77. The Kier molecular flexibility index (Phi) is 4.71. The molecule has 0 spiro atoms. The Morgan fingerprint density at radius 3 is 2.41 bits per heavy atom. The first-order valence-corrected chi connectivity index (χ1v) is 11.3. The van der Waals surface area contributed by atoms with Gasteiger partial charge in [-0.2, -0.15) is 0 Å². The van der Waals surface area contributed by atoms with E-state index in [1.165, 1.54) is 10.6 Å². The van der Waals surface area contributed by atoms with Gasteiger partial charge in [-0.3, -0.25) is 20.0 Å². The van der Waals surface area contributed by atoms with Gasteiger partial charge in [-0.15, -0.1) is 0 Å². The summed E-state index contributed by atoms with van der Waals surface area (Å²) in [5.41, 5.74) is 7.55. The molecule has 1 aliphatic rings. The molecule has 7 nitrogen and oxygen atoms in total. The Hall–Kier alpha value is -4.04. The summed E-state index contributed by atoms with van der Waals surface area (Å²) in [5.74, 6) is 0.165. The lowest BCUT2D eigenvalue weighted by molar-refractivity contribution is 0.0942. The number of nitrogens with one attached hydrogen (secondary N) is 2. The number of anilines is 1. The molecule has 1 amide bonds. The summed E-state index contributed by atoms with van der Waals surface area (Å²) >= 11 is 0. The Labute approximate surface area is 185 Å². The van der Waals surface area contributed by atoms with Gasteiger partial charge in [0.05, 0.1) is 29.1 Å². The highest BCUT2D eigenvalue weighted by Crippen LogP contribution is 2.42. The van der Waals surface area contributed by atoms with Crippen LogP contribution in [0.3, 0.4) is 0 Å². The van der Waals surface area contributed by atoms with Crippen molar-refractivity contribution in [3.63, 3.8) is 0 Å². The van der Waals surface area contributed by atoms with E-state index in [2.05, 4.69) is 17.4 Å². The zero-order chi connectivity index (χ0) is 22.3. The van der Waals surface area contributed by atoms with E-state index >= 15 is 0 Å². The maximum Gasteiger partial charge on any atom is 0.269 e. The quantitative estimate of drug-likeness (QED) is 0.437. The van der Waals surface area contributed by atoms with Gasteiger partial charge in [-0.05, 0) is 47.3 Å². The Balaban J connectivity index is 1.32. The first-order chi connectivity index (χ1) is 15.4. The smallest absolute Gasteiger partial charge is 0.269 e.